The van der Waals surface area contributed by atoms with Gasteiger partial charge < -0.3 is 20.5 Å². The quantitative estimate of drug-likeness (QED) is 0.294. The summed E-state index contributed by atoms with van der Waals surface area (Å²) >= 11 is 0. The molecule has 1 fully saturated rings. The van der Waals surface area contributed by atoms with Crippen LogP contribution >= 0.6 is 0 Å². The first-order valence-electron chi connectivity index (χ1n) is 13.3. The topological polar surface area (TPSA) is 106 Å². The van der Waals surface area contributed by atoms with Crippen LogP contribution in [0.4, 0.5) is 24.5 Å². The summed E-state index contributed by atoms with van der Waals surface area (Å²) < 4.78 is 42.0. The molecule has 2 aromatic heterocycles. The van der Waals surface area contributed by atoms with Crippen molar-refractivity contribution >= 4 is 34.2 Å². The molecule has 1 aliphatic rings. The molecule has 4 aromatic rings. The van der Waals surface area contributed by atoms with E-state index in [9.17, 15) is 22.8 Å². The van der Waals surface area contributed by atoms with Gasteiger partial charge >= 0.3 is 6.18 Å². The van der Waals surface area contributed by atoms with Crippen LogP contribution in [-0.2, 0) is 12.7 Å². The molecule has 0 spiro atoms. The number of amides is 2. The number of rotatable bonds is 7. The molecule has 3 N–H and O–H groups in total. The summed E-state index contributed by atoms with van der Waals surface area (Å²) in [5.74, 6) is -1.09. The Morgan fingerprint density at radius 2 is 1.71 bits per heavy atom. The number of carbonyl (C=O) groups excluding carboxylic acids is 2. The standard InChI is InChI=1S/C29H30F3N7O2/c1-3-38-10-12-39(13-11-38)16-20-6-7-21(15-23(20)29(30,31)32)36-27(40)19-5-4-18(2)24(14-19)37-28(41)25-22-8-9-33-26(22)35-17-34-25/h4-9,14-15,17H,3,10-13,16H2,1-2H3,(H,36,40)(H,37,41)(H,33,34,35). The Hall–Kier alpha value is -4.29. The third kappa shape index (κ3) is 6.39. The van der Waals surface area contributed by atoms with Crippen LogP contribution in [0.1, 0.15) is 44.5 Å². The minimum Gasteiger partial charge on any atom is -0.346 e. The van der Waals surface area contributed by atoms with E-state index in [-0.39, 0.29) is 29.1 Å². The van der Waals surface area contributed by atoms with Gasteiger partial charge in [-0.15, -0.1) is 0 Å². The third-order valence-corrected chi connectivity index (χ3v) is 7.30. The van der Waals surface area contributed by atoms with Gasteiger partial charge in [0.2, 0.25) is 0 Å². The maximum atomic E-state index is 14.0. The number of benzene rings is 2. The second-order valence-electron chi connectivity index (χ2n) is 9.98. The SMILES string of the molecule is CCN1CCN(Cc2ccc(NC(=O)c3ccc(C)c(NC(=O)c4ncnc5[nH]ccc45)c3)cc2C(F)(F)F)CC1. The van der Waals surface area contributed by atoms with E-state index in [0.29, 0.717) is 35.4 Å². The lowest BCUT2D eigenvalue weighted by atomic mass is 10.0. The zero-order valence-corrected chi connectivity index (χ0v) is 22.7. The fourth-order valence-corrected chi connectivity index (χ4v) is 4.90. The van der Waals surface area contributed by atoms with E-state index in [2.05, 4.69) is 37.4 Å². The fraction of sp³-hybridized carbons (Fsp3) is 0.310. The molecule has 41 heavy (non-hydrogen) atoms. The molecule has 214 valence electrons. The molecule has 5 rings (SSSR count). The van der Waals surface area contributed by atoms with Crippen molar-refractivity contribution in [2.75, 3.05) is 43.4 Å². The van der Waals surface area contributed by atoms with Crippen LogP contribution in [0.15, 0.2) is 55.0 Å². The van der Waals surface area contributed by atoms with Crippen molar-refractivity contribution in [1.82, 2.24) is 24.8 Å². The van der Waals surface area contributed by atoms with Crippen LogP contribution in [0.2, 0.25) is 0 Å². The minimum atomic E-state index is -4.57. The molecule has 0 unspecified atom stereocenters. The van der Waals surface area contributed by atoms with Crippen molar-refractivity contribution in [1.29, 1.82) is 0 Å². The molecule has 1 saturated heterocycles. The molecule has 0 saturated carbocycles. The fourth-order valence-electron chi connectivity index (χ4n) is 4.90. The summed E-state index contributed by atoms with van der Waals surface area (Å²) in [6.07, 6.45) is -1.65. The number of halogens is 3. The molecule has 2 aromatic carbocycles. The van der Waals surface area contributed by atoms with E-state index in [0.717, 1.165) is 25.7 Å². The van der Waals surface area contributed by atoms with Gasteiger partial charge in [-0.25, -0.2) is 9.97 Å². The Balaban J connectivity index is 1.31. The molecule has 3 heterocycles. The largest absolute Gasteiger partial charge is 0.416 e. The van der Waals surface area contributed by atoms with Gasteiger partial charge in [-0.1, -0.05) is 19.1 Å². The second kappa shape index (κ2) is 11.7. The molecule has 0 atom stereocenters. The summed E-state index contributed by atoms with van der Waals surface area (Å²) in [7, 11) is 0. The van der Waals surface area contributed by atoms with Crippen molar-refractivity contribution in [3.05, 3.63) is 82.9 Å². The van der Waals surface area contributed by atoms with Gasteiger partial charge in [0.1, 0.15) is 17.7 Å². The Morgan fingerprint density at radius 1 is 0.951 bits per heavy atom. The Kier molecular flexibility index (Phi) is 8.04. The Morgan fingerprint density at radius 3 is 2.44 bits per heavy atom. The van der Waals surface area contributed by atoms with Gasteiger partial charge in [-0.05, 0) is 54.9 Å². The molecule has 0 aliphatic carbocycles. The Labute approximate surface area is 234 Å². The first-order chi connectivity index (χ1) is 19.6. The lowest BCUT2D eigenvalue weighted by molar-refractivity contribution is -0.138. The molecular formula is C29H30F3N7O2. The van der Waals surface area contributed by atoms with Gasteiger partial charge in [0.25, 0.3) is 11.8 Å². The first kappa shape index (κ1) is 28.2. The number of nitrogens with zero attached hydrogens (tertiary/aromatic N) is 4. The van der Waals surface area contributed by atoms with Crippen LogP contribution in [0.25, 0.3) is 11.0 Å². The van der Waals surface area contributed by atoms with E-state index in [1.165, 1.54) is 24.5 Å². The summed E-state index contributed by atoms with van der Waals surface area (Å²) in [4.78, 5) is 41.4. The van der Waals surface area contributed by atoms with Crippen molar-refractivity contribution in [2.24, 2.45) is 0 Å². The van der Waals surface area contributed by atoms with Crippen molar-refractivity contribution in [3.63, 3.8) is 0 Å². The number of likely N-dealkylation sites (N-methyl/N-ethyl adjacent to an activating group) is 1. The van der Waals surface area contributed by atoms with E-state index >= 15 is 0 Å². The summed E-state index contributed by atoms with van der Waals surface area (Å²) in [6.45, 7) is 7.97. The highest BCUT2D eigenvalue weighted by Crippen LogP contribution is 2.35. The van der Waals surface area contributed by atoms with Gasteiger partial charge in [-0.2, -0.15) is 13.2 Å². The van der Waals surface area contributed by atoms with Crippen LogP contribution < -0.4 is 10.6 Å². The van der Waals surface area contributed by atoms with Crippen molar-refractivity contribution < 1.29 is 22.8 Å². The highest BCUT2D eigenvalue weighted by atomic mass is 19.4. The summed E-state index contributed by atoms with van der Waals surface area (Å²) in [5.41, 5.74) is 1.34. The van der Waals surface area contributed by atoms with E-state index < -0.39 is 23.6 Å². The average molecular weight is 566 g/mol. The normalized spacial score (nSPS) is 14.8. The number of H-pyrrole nitrogens is 1. The van der Waals surface area contributed by atoms with Gasteiger partial charge in [0, 0.05) is 55.9 Å². The molecular weight excluding hydrogens is 535 g/mol. The monoisotopic (exact) mass is 565 g/mol. The zero-order chi connectivity index (χ0) is 29.1. The smallest absolute Gasteiger partial charge is 0.346 e. The van der Waals surface area contributed by atoms with Crippen molar-refractivity contribution in [2.45, 2.75) is 26.6 Å². The average Bonchev–Trinajstić information content (AvgIpc) is 3.44. The van der Waals surface area contributed by atoms with Crippen LogP contribution in [0.5, 0.6) is 0 Å². The summed E-state index contributed by atoms with van der Waals surface area (Å²) in [5, 5.41) is 5.89. The summed E-state index contributed by atoms with van der Waals surface area (Å²) in [6, 6.07) is 10.3. The third-order valence-electron chi connectivity index (χ3n) is 7.30. The van der Waals surface area contributed by atoms with Gasteiger partial charge in [-0.3, -0.25) is 14.5 Å². The maximum absolute atomic E-state index is 14.0. The number of aromatic amines is 1. The predicted molar refractivity (Wildman–Crippen MR) is 150 cm³/mol. The number of fused-ring (bicyclic) bond motifs is 1. The van der Waals surface area contributed by atoms with E-state index in [1.807, 2.05) is 4.90 Å². The number of nitrogens with one attached hydrogen (secondary N) is 3. The molecule has 9 nitrogen and oxygen atoms in total. The highest BCUT2D eigenvalue weighted by molar-refractivity contribution is 6.11. The number of carbonyl (C=O) groups is 2. The Bertz CT molecular complexity index is 1580. The number of aryl methyl sites for hydroxylation is 1. The number of hydrogen-bond acceptors (Lipinski definition) is 6. The minimum absolute atomic E-state index is 0.0314. The van der Waals surface area contributed by atoms with Crippen LogP contribution in [-0.4, -0.2) is 69.3 Å². The molecule has 1 aliphatic heterocycles. The van der Waals surface area contributed by atoms with E-state index in [4.69, 9.17) is 0 Å². The predicted octanol–water partition coefficient (Wildman–Crippen LogP) is 4.93. The van der Waals surface area contributed by atoms with Crippen LogP contribution in [0.3, 0.4) is 0 Å². The van der Waals surface area contributed by atoms with Crippen LogP contribution in [0, 0.1) is 6.92 Å². The van der Waals surface area contributed by atoms with Gasteiger partial charge in [0.15, 0.2) is 0 Å². The number of anilines is 2. The maximum Gasteiger partial charge on any atom is 0.416 e. The van der Waals surface area contributed by atoms with Gasteiger partial charge in [0.05, 0.1) is 10.9 Å². The van der Waals surface area contributed by atoms with E-state index in [1.54, 1.807) is 31.3 Å². The first-order valence-corrected chi connectivity index (χ1v) is 13.3. The molecule has 0 radical (unpaired) electrons. The molecule has 12 heteroatoms. The number of aromatic nitrogens is 3. The molecule has 0 bridgehead atoms. The lowest BCUT2D eigenvalue weighted by Crippen LogP contribution is -2.45. The lowest BCUT2D eigenvalue weighted by Gasteiger charge is -2.34. The zero-order valence-electron chi connectivity index (χ0n) is 22.7. The second-order valence-corrected chi connectivity index (χ2v) is 9.98. The number of piperazine rings is 1. The molecule has 2 amide bonds. The van der Waals surface area contributed by atoms with Crippen molar-refractivity contribution in [3.8, 4) is 0 Å². The number of hydrogen-bond donors (Lipinski definition) is 3. The highest BCUT2D eigenvalue weighted by Gasteiger charge is 2.34. The number of alkyl halides is 3.